The molecule has 0 aliphatic rings. The van der Waals surface area contributed by atoms with E-state index in [1.165, 1.54) is 34.8 Å². The molecule has 0 radical (unpaired) electrons. The quantitative estimate of drug-likeness (QED) is 0.654. The lowest BCUT2D eigenvalue weighted by molar-refractivity contribution is 0.583. The topological polar surface area (TPSA) is 59.1 Å². The number of halogens is 1. The third-order valence-corrected chi connectivity index (χ3v) is 7.69. The molecule has 4 nitrogen and oxygen atoms in total. The molecule has 1 aromatic carbocycles. The molecule has 2 heterocycles. The van der Waals surface area contributed by atoms with E-state index in [4.69, 9.17) is 0 Å². The van der Waals surface area contributed by atoms with Crippen LogP contribution in [-0.4, -0.2) is 19.9 Å². The van der Waals surface area contributed by atoms with Crippen LogP contribution in [0.3, 0.4) is 0 Å². The number of hydrogen-bond acceptors (Lipinski definition) is 5. The maximum Gasteiger partial charge on any atom is 0.250 e. The number of nitrogens with zero attached hydrogens (tertiary/aromatic N) is 1. The molecule has 3 aromatic rings. The molecular weight excluding hydrogens is 379 g/mol. The first kappa shape index (κ1) is 18.2. The molecule has 132 valence electrons. The molecular formula is C17H17FN2O2S3. The number of thiophene rings is 1. The largest absolute Gasteiger partial charge is 0.250 e. The zero-order chi connectivity index (χ0) is 17.9. The van der Waals surface area contributed by atoms with E-state index in [-0.39, 0.29) is 12.4 Å². The predicted octanol–water partition coefficient (Wildman–Crippen LogP) is 4.09. The fraction of sp³-hybridized carbons (Fsp3) is 0.235. The van der Waals surface area contributed by atoms with Gasteiger partial charge in [-0.3, -0.25) is 0 Å². The van der Waals surface area contributed by atoms with Crippen molar-refractivity contribution in [3.63, 3.8) is 0 Å². The normalized spacial score (nSPS) is 11.8. The van der Waals surface area contributed by atoms with Crippen LogP contribution in [0.25, 0.3) is 10.6 Å². The number of nitrogens with one attached hydrogen (secondary N) is 1. The number of thiazole rings is 1. The summed E-state index contributed by atoms with van der Waals surface area (Å²) in [7, 11) is -3.47. The Balaban J connectivity index is 1.60. The van der Waals surface area contributed by atoms with Crippen LogP contribution in [-0.2, 0) is 22.9 Å². The lowest BCUT2D eigenvalue weighted by atomic mass is 10.2. The average molecular weight is 397 g/mol. The second kappa shape index (κ2) is 7.74. The van der Waals surface area contributed by atoms with Crippen molar-refractivity contribution in [3.8, 4) is 10.6 Å². The van der Waals surface area contributed by atoms with Gasteiger partial charge in [0.25, 0.3) is 0 Å². The minimum absolute atomic E-state index is 0.283. The summed E-state index contributed by atoms with van der Waals surface area (Å²) in [6.45, 7) is 2.28. The third kappa shape index (κ3) is 4.52. The zero-order valence-corrected chi connectivity index (χ0v) is 16.0. The molecule has 0 spiro atoms. The highest BCUT2D eigenvalue weighted by molar-refractivity contribution is 7.91. The van der Waals surface area contributed by atoms with Gasteiger partial charge in [-0.2, -0.15) is 0 Å². The zero-order valence-electron chi connectivity index (χ0n) is 13.5. The minimum atomic E-state index is -3.47. The van der Waals surface area contributed by atoms with Gasteiger partial charge in [0.2, 0.25) is 10.0 Å². The Labute approximate surface area is 154 Å². The summed E-state index contributed by atoms with van der Waals surface area (Å²) in [5, 5.41) is 2.69. The van der Waals surface area contributed by atoms with Gasteiger partial charge in [0.05, 0.1) is 5.69 Å². The Bertz CT molecular complexity index is 946. The van der Waals surface area contributed by atoms with Gasteiger partial charge < -0.3 is 0 Å². The van der Waals surface area contributed by atoms with Crippen LogP contribution in [0.4, 0.5) is 4.39 Å². The molecule has 0 aliphatic carbocycles. The first-order valence-corrected chi connectivity index (χ1v) is 10.9. The average Bonchev–Trinajstić information content (AvgIpc) is 3.25. The number of benzene rings is 1. The number of rotatable bonds is 7. The van der Waals surface area contributed by atoms with Crippen LogP contribution in [0.5, 0.6) is 0 Å². The van der Waals surface area contributed by atoms with E-state index in [1.54, 1.807) is 18.2 Å². The van der Waals surface area contributed by atoms with Crippen molar-refractivity contribution in [2.75, 3.05) is 6.54 Å². The van der Waals surface area contributed by atoms with E-state index in [9.17, 15) is 12.8 Å². The Hall–Kier alpha value is -1.61. The molecule has 0 saturated heterocycles. The summed E-state index contributed by atoms with van der Waals surface area (Å²) in [5.74, 6) is -0.283. The molecule has 2 aromatic heterocycles. The standard InChI is InChI=1S/C17H17FN2O2S3/c1-2-15-7-8-16(24-15)25(21,22)19-10-9-14-11-23-17(20-14)12-3-5-13(18)6-4-12/h3-8,11,19H,2,9-10H2,1H3. The fourth-order valence-electron chi connectivity index (χ4n) is 2.22. The van der Waals surface area contributed by atoms with Gasteiger partial charge >= 0.3 is 0 Å². The van der Waals surface area contributed by atoms with Gasteiger partial charge in [0.15, 0.2) is 0 Å². The summed E-state index contributed by atoms with van der Waals surface area (Å²) >= 11 is 2.75. The van der Waals surface area contributed by atoms with Gasteiger partial charge in [-0.25, -0.2) is 22.5 Å². The molecule has 8 heteroatoms. The van der Waals surface area contributed by atoms with Crippen LogP contribution < -0.4 is 4.72 Å². The highest BCUT2D eigenvalue weighted by Gasteiger charge is 2.16. The summed E-state index contributed by atoms with van der Waals surface area (Å²) in [5.41, 5.74) is 1.66. The van der Waals surface area contributed by atoms with Crippen LogP contribution in [0.1, 0.15) is 17.5 Å². The lowest BCUT2D eigenvalue weighted by Crippen LogP contribution is -2.25. The second-order valence-electron chi connectivity index (χ2n) is 5.37. The molecule has 0 amide bonds. The Morgan fingerprint density at radius 3 is 2.60 bits per heavy atom. The Morgan fingerprint density at radius 2 is 1.92 bits per heavy atom. The van der Waals surface area contributed by atoms with Gasteiger partial charge in [-0.05, 0) is 42.8 Å². The molecule has 0 saturated carbocycles. The summed E-state index contributed by atoms with van der Waals surface area (Å²) in [6.07, 6.45) is 1.33. The molecule has 0 bridgehead atoms. The number of sulfonamides is 1. The van der Waals surface area contributed by atoms with Crippen molar-refractivity contribution in [3.05, 3.63) is 58.2 Å². The highest BCUT2D eigenvalue weighted by atomic mass is 32.2. The van der Waals surface area contributed by atoms with Gasteiger partial charge in [-0.1, -0.05) is 6.92 Å². The van der Waals surface area contributed by atoms with E-state index in [0.29, 0.717) is 10.6 Å². The molecule has 3 rings (SSSR count). The fourth-order valence-corrected chi connectivity index (χ4v) is 5.46. The molecule has 0 fully saturated rings. The van der Waals surface area contributed by atoms with Crippen molar-refractivity contribution in [2.24, 2.45) is 0 Å². The number of aryl methyl sites for hydroxylation is 1. The van der Waals surface area contributed by atoms with Crippen molar-refractivity contribution in [1.29, 1.82) is 0 Å². The van der Waals surface area contributed by atoms with E-state index >= 15 is 0 Å². The van der Waals surface area contributed by atoms with Crippen LogP contribution in [0.15, 0.2) is 46.0 Å². The second-order valence-corrected chi connectivity index (χ2v) is 9.39. The van der Waals surface area contributed by atoms with E-state index in [2.05, 4.69) is 9.71 Å². The first-order valence-electron chi connectivity index (χ1n) is 7.76. The van der Waals surface area contributed by atoms with Crippen LogP contribution >= 0.6 is 22.7 Å². The number of hydrogen-bond donors (Lipinski definition) is 1. The number of aromatic nitrogens is 1. The summed E-state index contributed by atoms with van der Waals surface area (Å²) in [6, 6.07) is 9.65. The summed E-state index contributed by atoms with van der Waals surface area (Å²) in [4.78, 5) is 5.53. The van der Waals surface area contributed by atoms with E-state index in [1.807, 2.05) is 18.4 Å². The van der Waals surface area contributed by atoms with Gasteiger partial charge in [0, 0.05) is 28.8 Å². The molecule has 0 aliphatic heterocycles. The Morgan fingerprint density at radius 1 is 1.16 bits per heavy atom. The molecule has 25 heavy (non-hydrogen) atoms. The van der Waals surface area contributed by atoms with Crippen molar-refractivity contribution in [2.45, 2.75) is 24.0 Å². The monoisotopic (exact) mass is 396 g/mol. The van der Waals surface area contributed by atoms with Crippen molar-refractivity contribution < 1.29 is 12.8 Å². The Kier molecular flexibility index (Phi) is 5.63. The van der Waals surface area contributed by atoms with Crippen LogP contribution in [0.2, 0.25) is 0 Å². The highest BCUT2D eigenvalue weighted by Crippen LogP contribution is 2.24. The lowest BCUT2D eigenvalue weighted by Gasteiger charge is -2.03. The van der Waals surface area contributed by atoms with Crippen molar-refractivity contribution in [1.82, 2.24) is 9.71 Å². The maximum absolute atomic E-state index is 13.0. The minimum Gasteiger partial charge on any atom is -0.241 e. The molecule has 0 unspecified atom stereocenters. The van der Waals surface area contributed by atoms with Gasteiger partial charge in [0.1, 0.15) is 15.0 Å². The predicted molar refractivity (Wildman–Crippen MR) is 100 cm³/mol. The SMILES string of the molecule is CCc1ccc(S(=O)(=O)NCCc2csc(-c3ccc(F)cc3)n2)s1. The van der Waals surface area contributed by atoms with E-state index < -0.39 is 10.0 Å². The first-order chi connectivity index (χ1) is 12.0. The molecule has 0 atom stereocenters. The smallest absolute Gasteiger partial charge is 0.241 e. The van der Waals surface area contributed by atoms with Gasteiger partial charge in [-0.15, -0.1) is 22.7 Å². The van der Waals surface area contributed by atoms with E-state index in [0.717, 1.165) is 27.6 Å². The van der Waals surface area contributed by atoms with Crippen LogP contribution in [0, 0.1) is 5.82 Å². The van der Waals surface area contributed by atoms with Crippen molar-refractivity contribution >= 4 is 32.7 Å². The maximum atomic E-state index is 13.0. The summed E-state index contributed by atoms with van der Waals surface area (Å²) < 4.78 is 40.4. The molecule has 1 N–H and O–H groups in total. The third-order valence-electron chi connectivity index (χ3n) is 3.57.